The fraction of sp³-hybridized carbons (Fsp3) is 0.483. The van der Waals surface area contributed by atoms with Crippen LogP contribution in [-0.2, 0) is 58.8 Å². The van der Waals surface area contributed by atoms with Crippen LogP contribution in [0, 0.1) is 13.8 Å². The number of ether oxygens (including phenoxy) is 2. The Labute approximate surface area is 506 Å². The standard InChI is InChI=1S/C29H37N3O8S2.C24H28BrN3O4S.C5H10O4S/c1-6-39-29(34)23(41(4,35)36)9-7-8-16-32(42(5,37)38)26-21(19-14-15-19)17-22-24(27(33)30-3)25(40-28(22)31-26)20-12-10-18(2)11-13-20;1-15-6-8-17(9-7-15)21-20(23(29)26-2)19-14-18(16-10-11-16)22(27-24(19)32-21)28(33(3,30)31)13-5-4-12-25;1-3-9-5(6)4-10(2,7)8/h10-13,17,19,23H,6-9,14-16H2,1-5H3,(H,30,33);6-9,14,16H,4-5,10-13H2,1-3H3,(H,26,29);3-4H2,1-2H3. The highest BCUT2D eigenvalue weighted by Gasteiger charge is 2.37. The largest absolute Gasteiger partial charge is 0.465 e. The van der Waals surface area contributed by atoms with Crippen molar-refractivity contribution in [2.45, 2.75) is 103 Å². The van der Waals surface area contributed by atoms with Crippen LogP contribution >= 0.6 is 15.9 Å². The van der Waals surface area contributed by atoms with Crippen molar-refractivity contribution in [2.75, 3.05) is 85.1 Å². The molecule has 4 aromatic heterocycles. The quantitative estimate of drug-likeness (QED) is 0.0308. The number of sulfone groups is 2. The number of alkyl halides is 1. The first-order valence-electron chi connectivity index (χ1n) is 27.7. The predicted molar refractivity (Wildman–Crippen MR) is 332 cm³/mol. The van der Waals surface area contributed by atoms with Gasteiger partial charge in [-0.2, -0.15) is 9.97 Å². The van der Waals surface area contributed by atoms with Gasteiger partial charge in [0.1, 0.15) is 28.9 Å². The second-order valence-corrected chi connectivity index (χ2v) is 30.0. The van der Waals surface area contributed by atoms with E-state index in [2.05, 4.69) is 36.3 Å². The van der Waals surface area contributed by atoms with Crippen LogP contribution in [0.25, 0.3) is 44.8 Å². The van der Waals surface area contributed by atoms with Crippen LogP contribution in [0.15, 0.2) is 69.5 Å². The van der Waals surface area contributed by atoms with E-state index in [1.54, 1.807) is 27.0 Å². The van der Waals surface area contributed by atoms with E-state index in [9.17, 15) is 52.8 Å². The number of anilines is 2. The maximum atomic E-state index is 13.0. The predicted octanol–water partition coefficient (Wildman–Crippen LogP) is 8.53. The van der Waals surface area contributed by atoms with Crippen molar-refractivity contribution in [1.29, 1.82) is 0 Å². The van der Waals surface area contributed by atoms with Gasteiger partial charge in [-0.1, -0.05) is 75.6 Å². The molecule has 2 fully saturated rings. The van der Waals surface area contributed by atoms with Gasteiger partial charge in [-0.25, -0.2) is 33.7 Å². The van der Waals surface area contributed by atoms with E-state index in [1.807, 2.05) is 68.4 Å². The number of nitrogens with one attached hydrogen (secondary N) is 2. The van der Waals surface area contributed by atoms with E-state index in [0.29, 0.717) is 63.3 Å². The van der Waals surface area contributed by atoms with Gasteiger partial charge in [-0.15, -0.1) is 0 Å². The number of hydrogen-bond donors (Lipinski definition) is 2. The number of aromatic nitrogens is 2. The average Bonchev–Trinajstić information content (AvgIpc) is 2.05. The average molecular weight is 1320 g/mol. The number of amides is 2. The smallest absolute Gasteiger partial charge is 0.324 e. The van der Waals surface area contributed by atoms with Gasteiger partial charge < -0.3 is 28.9 Å². The number of sulfonamides is 2. The lowest BCUT2D eigenvalue weighted by Gasteiger charge is -2.24. The molecule has 4 heterocycles. The van der Waals surface area contributed by atoms with Crippen molar-refractivity contribution in [1.82, 2.24) is 20.6 Å². The highest BCUT2D eigenvalue weighted by molar-refractivity contribution is 9.09. The van der Waals surface area contributed by atoms with Crippen molar-refractivity contribution >= 4 is 113 Å². The summed E-state index contributed by atoms with van der Waals surface area (Å²) in [5, 5.41) is 5.96. The fourth-order valence-electron chi connectivity index (χ4n) is 9.32. The summed E-state index contributed by atoms with van der Waals surface area (Å²) >= 11 is 3.41. The van der Waals surface area contributed by atoms with Gasteiger partial charge in [0.15, 0.2) is 24.9 Å². The van der Waals surface area contributed by atoms with E-state index in [0.717, 1.165) is 78.5 Å². The maximum absolute atomic E-state index is 13.0. The Balaban J connectivity index is 0.000000239. The number of esters is 2. The summed E-state index contributed by atoms with van der Waals surface area (Å²) in [6.45, 7) is 7.81. The number of hydrogen-bond acceptors (Lipinski definition) is 18. The SMILES string of the molecule is CCOC(=O)C(CCCCN(c1nc2oc(-c3ccc(C)cc3)c(C(=O)NC)c2cc1C1CC1)S(C)(=O)=O)S(C)(=O)=O.CCOC(=O)CS(C)(=O)=O.CNC(=O)c1c(-c2ccc(C)cc2)oc2nc(N(CCCCBr)S(C)(=O)=O)c(C3CC3)cc12. The highest BCUT2D eigenvalue weighted by Crippen LogP contribution is 2.48. The van der Waals surface area contributed by atoms with E-state index in [1.165, 1.54) is 21.9 Å². The Morgan fingerprint density at radius 1 is 0.624 bits per heavy atom. The number of furan rings is 2. The second kappa shape index (κ2) is 28.8. The Kier molecular flexibility index (Phi) is 23.0. The number of unbranched alkanes of at least 4 members (excludes halogenated alkanes) is 2. The van der Waals surface area contributed by atoms with Crippen LogP contribution in [0.5, 0.6) is 0 Å². The molecule has 0 radical (unpaired) electrons. The molecule has 85 heavy (non-hydrogen) atoms. The molecular weight excluding hydrogens is 1240 g/mol. The number of rotatable bonds is 25. The van der Waals surface area contributed by atoms with Gasteiger partial charge in [0, 0.05) is 56.2 Å². The van der Waals surface area contributed by atoms with E-state index in [4.69, 9.17) is 18.6 Å². The van der Waals surface area contributed by atoms with Crippen molar-refractivity contribution in [2.24, 2.45) is 0 Å². The summed E-state index contributed by atoms with van der Waals surface area (Å²) in [6, 6.07) is 19.0. The lowest BCUT2D eigenvalue weighted by atomic mass is 10.0. The first-order chi connectivity index (χ1) is 39.9. The van der Waals surface area contributed by atoms with Crippen LogP contribution in [0.1, 0.15) is 126 Å². The van der Waals surface area contributed by atoms with Crippen molar-refractivity contribution in [3.63, 3.8) is 0 Å². The van der Waals surface area contributed by atoms with Gasteiger partial charge in [-0.05, 0) is 121 Å². The number of carbonyl (C=O) groups excluding carboxylic acids is 4. The summed E-state index contributed by atoms with van der Waals surface area (Å²) in [4.78, 5) is 58.0. The summed E-state index contributed by atoms with van der Waals surface area (Å²) in [6.07, 6.45) is 10.0. The Morgan fingerprint density at radius 2 is 1.02 bits per heavy atom. The van der Waals surface area contributed by atoms with Crippen LogP contribution in [0.2, 0.25) is 0 Å². The Bertz CT molecular complexity index is 3860. The number of carbonyl (C=O) groups is 4. The molecule has 0 aliphatic heterocycles. The molecule has 6 aromatic rings. The first kappa shape index (κ1) is 67.7. The maximum Gasteiger partial charge on any atom is 0.324 e. The van der Waals surface area contributed by atoms with Gasteiger partial charge in [0.2, 0.25) is 31.5 Å². The lowest BCUT2D eigenvalue weighted by Crippen LogP contribution is -2.34. The molecule has 2 amide bonds. The van der Waals surface area contributed by atoms with Gasteiger partial charge in [-0.3, -0.25) is 27.8 Å². The number of pyridine rings is 2. The molecule has 2 aliphatic carbocycles. The molecule has 1 atom stereocenters. The molecule has 2 N–H and O–H groups in total. The molecule has 22 nitrogen and oxygen atoms in total. The topological polar surface area (TPSA) is 306 Å². The Morgan fingerprint density at radius 3 is 1.35 bits per heavy atom. The molecule has 1 unspecified atom stereocenters. The van der Waals surface area contributed by atoms with Gasteiger partial charge in [0.05, 0.1) is 47.6 Å². The summed E-state index contributed by atoms with van der Waals surface area (Å²) < 4.78 is 121. The minimum Gasteiger partial charge on any atom is -0.465 e. The number of benzene rings is 2. The molecule has 0 spiro atoms. The minimum atomic E-state index is -3.81. The van der Waals surface area contributed by atoms with Crippen LogP contribution < -0.4 is 19.2 Å². The third kappa shape index (κ3) is 18.1. The molecule has 0 bridgehead atoms. The van der Waals surface area contributed by atoms with E-state index >= 15 is 0 Å². The van der Waals surface area contributed by atoms with Gasteiger partial charge in [0.25, 0.3) is 11.8 Å². The normalized spacial score (nSPS) is 13.9. The molecule has 27 heteroatoms. The monoisotopic (exact) mass is 1320 g/mol. The van der Waals surface area contributed by atoms with E-state index < -0.39 is 62.7 Å². The van der Waals surface area contributed by atoms with Crippen molar-refractivity contribution in [3.05, 3.63) is 94.0 Å². The lowest BCUT2D eigenvalue weighted by molar-refractivity contribution is -0.143. The number of nitrogens with zero attached hydrogens (tertiary/aromatic N) is 4. The number of fused-ring (bicyclic) bond motifs is 2. The van der Waals surface area contributed by atoms with Crippen LogP contribution in [0.3, 0.4) is 0 Å². The zero-order valence-electron chi connectivity index (χ0n) is 49.4. The first-order valence-corrected chi connectivity index (χ1v) is 36.5. The Hall–Kier alpha value is -6.42. The van der Waals surface area contributed by atoms with Crippen LogP contribution in [0.4, 0.5) is 11.6 Å². The summed E-state index contributed by atoms with van der Waals surface area (Å²) in [5.41, 5.74) is 6.30. The zero-order valence-corrected chi connectivity index (χ0v) is 54.3. The molecule has 8 rings (SSSR count). The molecule has 0 saturated heterocycles. The molecule has 2 aliphatic rings. The molecule has 464 valence electrons. The molecule has 2 saturated carbocycles. The summed E-state index contributed by atoms with van der Waals surface area (Å²) in [7, 11) is -11.2. The number of halogens is 1. The van der Waals surface area contributed by atoms with Gasteiger partial charge >= 0.3 is 11.9 Å². The number of aryl methyl sites for hydroxylation is 2. The third-order valence-corrected chi connectivity index (χ3v) is 18.9. The minimum absolute atomic E-state index is 0.00476. The second-order valence-electron chi connectivity index (χ2n) is 21.1. The molecular formula is C58H75BrN6O16S4. The zero-order chi connectivity index (χ0) is 62.8. The molecule has 2 aromatic carbocycles. The highest BCUT2D eigenvalue weighted by atomic mass is 79.9. The summed E-state index contributed by atoms with van der Waals surface area (Å²) in [5.74, 6) is -0.917. The fourth-order valence-corrected chi connectivity index (χ4v) is 13.1. The van der Waals surface area contributed by atoms with Crippen molar-refractivity contribution in [3.8, 4) is 22.6 Å². The van der Waals surface area contributed by atoms with Crippen LogP contribution in [-0.4, -0.2) is 149 Å². The third-order valence-electron chi connectivity index (χ3n) is 13.8. The van der Waals surface area contributed by atoms with Crippen molar-refractivity contribution < 1.29 is 71.2 Å². The van der Waals surface area contributed by atoms with E-state index in [-0.39, 0.29) is 79.9 Å².